The second-order valence-corrected chi connectivity index (χ2v) is 8.62. The number of rotatable bonds is 1. The van der Waals surface area contributed by atoms with E-state index in [0.29, 0.717) is 5.69 Å². The van der Waals surface area contributed by atoms with Crippen LogP contribution in [0.4, 0.5) is 5.69 Å². The highest BCUT2D eigenvalue weighted by molar-refractivity contribution is 6.23. The van der Waals surface area contributed by atoms with Gasteiger partial charge in [-0.1, -0.05) is 54.6 Å². The summed E-state index contributed by atoms with van der Waals surface area (Å²) < 4.78 is 0. The number of hydrogen-bond donors (Lipinski definition) is 0. The van der Waals surface area contributed by atoms with Crippen LogP contribution in [0.15, 0.2) is 66.7 Å². The molecular weight excluding hydrogens is 358 g/mol. The van der Waals surface area contributed by atoms with E-state index in [1.54, 1.807) is 0 Å². The summed E-state index contributed by atoms with van der Waals surface area (Å²) >= 11 is 0. The van der Waals surface area contributed by atoms with Crippen molar-refractivity contribution in [3.63, 3.8) is 0 Å². The molecule has 1 fully saturated rings. The largest absolute Gasteiger partial charge is 0.274 e. The van der Waals surface area contributed by atoms with Crippen LogP contribution < -0.4 is 4.90 Å². The average Bonchev–Trinajstić information content (AvgIpc) is 2.98. The monoisotopic (exact) mass is 379 g/mol. The Morgan fingerprint density at radius 2 is 1.00 bits per heavy atom. The molecule has 29 heavy (non-hydrogen) atoms. The molecule has 1 aliphatic heterocycles. The lowest BCUT2D eigenvalue weighted by Gasteiger charge is -2.45. The Bertz CT molecular complexity index is 1080. The summed E-state index contributed by atoms with van der Waals surface area (Å²) in [5.74, 6) is -0.848. The van der Waals surface area contributed by atoms with E-state index < -0.39 is 0 Å². The molecule has 1 saturated heterocycles. The fraction of sp³-hybridized carbons (Fsp3) is 0.231. The highest BCUT2D eigenvalue weighted by Crippen LogP contribution is 2.61. The lowest BCUT2D eigenvalue weighted by molar-refractivity contribution is -0.122. The van der Waals surface area contributed by atoms with Crippen molar-refractivity contribution in [2.45, 2.75) is 25.7 Å². The number of aryl methyl sites for hydroxylation is 2. The number of carbonyl (C=O) groups is 2. The van der Waals surface area contributed by atoms with Crippen molar-refractivity contribution < 1.29 is 9.59 Å². The molecule has 3 aliphatic carbocycles. The normalized spacial score (nSPS) is 26.3. The fourth-order valence-electron chi connectivity index (χ4n) is 6.01. The van der Waals surface area contributed by atoms with Crippen LogP contribution in [0.5, 0.6) is 0 Å². The molecule has 142 valence electrons. The van der Waals surface area contributed by atoms with E-state index in [1.165, 1.54) is 27.2 Å². The summed E-state index contributed by atoms with van der Waals surface area (Å²) in [5.41, 5.74) is 7.66. The first kappa shape index (κ1) is 16.7. The van der Waals surface area contributed by atoms with Crippen LogP contribution in [0.3, 0.4) is 0 Å². The van der Waals surface area contributed by atoms with Crippen LogP contribution in [0.1, 0.15) is 45.2 Å². The molecule has 2 bridgehead atoms. The number of benzene rings is 3. The van der Waals surface area contributed by atoms with Gasteiger partial charge >= 0.3 is 0 Å². The summed E-state index contributed by atoms with van der Waals surface area (Å²) in [6.45, 7) is 4.01. The van der Waals surface area contributed by atoms with Gasteiger partial charge in [0, 0.05) is 11.8 Å². The lowest BCUT2D eigenvalue weighted by atomic mass is 9.55. The standard InChI is InChI=1S/C26H21NO2/c1-14-11-15(2)13-16(12-14)27-25(28)23-21-17-7-3-4-8-18(17)22(24(23)26(27)29)20-10-6-5-9-19(20)21/h3-13,21-24H,1-2H3/t21?,22?,23-,24+. The Hall–Kier alpha value is -3.20. The van der Waals surface area contributed by atoms with E-state index in [9.17, 15) is 9.59 Å². The van der Waals surface area contributed by atoms with E-state index in [0.717, 1.165) is 11.1 Å². The number of anilines is 1. The zero-order valence-corrected chi connectivity index (χ0v) is 16.4. The zero-order valence-electron chi connectivity index (χ0n) is 16.4. The molecule has 0 spiro atoms. The first-order valence-corrected chi connectivity index (χ1v) is 10.2. The summed E-state index contributed by atoms with van der Waals surface area (Å²) in [7, 11) is 0. The van der Waals surface area contributed by atoms with Crippen molar-refractivity contribution in [1.82, 2.24) is 0 Å². The van der Waals surface area contributed by atoms with Crippen LogP contribution in [0, 0.1) is 25.7 Å². The van der Waals surface area contributed by atoms with E-state index in [2.05, 4.69) is 30.3 Å². The van der Waals surface area contributed by atoms with Gasteiger partial charge in [-0.15, -0.1) is 0 Å². The summed E-state index contributed by atoms with van der Waals surface area (Å²) in [6, 6.07) is 22.7. The molecule has 0 unspecified atom stereocenters. The molecule has 3 aromatic rings. The van der Waals surface area contributed by atoms with Gasteiger partial charge < -0.3 is 0 Å². The number of hydrogen-bond acceptors (Lipinski definition) is 2. The number of imide groups is 1. The third kappa shape index (κ3) is 2.08. The van der Waals surface area contributed by atoms with Crippen LogP contribution >= 0.6 is 0 Å². The second kappa shape index (κ2) is 5.66. The maximum Gasteiger partial charge on any atom is 0.238 e. The number of carbonyl (C=O) groups excluding carboxylic acids is 2. The smallest absolute Gasteiger partial charge is 0.238 e. The van der Waals surface area contributed by atoms with Crippen LogP contribution in [-0.4, -0.2) is 11.8 Å². The molecule has 0 aromatic heterocycles. The minimum atomic E-state index is -0.321. The van der Waals surface area contributed by atoms with Gasteiger partial charge in [0.1, 0.15) is 0 Å². The van der Waals surface area contributed by atoms with Crippen molar-refractivity contribution >= 4 is 17.5 Å². The first-order valence-electron chi connectivity index (χ1n) is 10.2. The van der Waals surface area contributed by atoms with Crippen LogP contribution in [0.2, 0.25) is 0 Å². The van der Waals surface area contributed by atoms with Crippen LogP contribution in [0.25, 0.3) is 0 Å². The SMILES string of the molecule is Cc1cc(C)cc(N2C(=O)[C@@H]3C4c5ccccc5C(c5ccccc54)[C@@H]3C2=O)c1. The van der Waals surface area contributed by atoms with Gasteiger partial charge in [0.15, 0.2) is 0 Å². The molecule has 4 aliphatic rings. The minimum Gasteiger partial charge on any atom is -0.274 e. The number of amides is 2. The zero-order chi connectivity index (χ0) is 19.9. The molecular formula is C26H21NO2. The highest BCUT2D eigenvalue weighted by atomic mass is 16.2. The molecule has 3 nitrogen and oxygen atoms in total. The second-order valence-electron chi connectivity index (χ2n) is 8.62. The topological polar surface area (TPSA) is 37.4 Å². The van der Waals surface area contributed by atoms with Crippen molar-refractivity contribution in [2.75, 3.05) is 4.90 Å². The molecule has 0 N–H and O–H groups in total. The van der Waals surface area contributed by atoms with E-state index in [4.69, 9.17) is 0 Å². The van der Waals surface area contributed by atoms with Gasteiger partial charge in [0.2, 0.25) is 11.8 Å². The average molecular weight is 379 g/mol. The Kier molecular flexibility index (Phi) is 3.27. The van der Waals surface area contributed by atoms with E-state index >= 15 is 0 Å². The molecule has 7 rings (SSSR count). The Morgan fingerprint density at radius 3 is 1.38 bits per heavy atom. The quantitative estimate of drug-likeness (QED) is 0.575. The third-order valence-corrected chi connectivity index (χ3v) is 6.91. The fourth-order valence-corrected chi connectivity index (χ4v) is 6.01. The minimum absolute atomic E-state index is 0.0512. The molecule has 2 amide bonds. The maximum absolute atomic E-state index is 13.7. The van der Waals surface area contributed by atoms with Gasteiger partial charge in [-0.2, -0.15) is 0 Å². The number of nitrogens with zero attached hydrogens (tertiary/aromatic N) is 1. The molecule has 1 heterocycles. The third-order valence-electron chi connectivity index (χ3n) is 6.91. The van der Waals surface area contributed by atoms with Crippen molar-refractivity contribution in [3.05, 3.63) is 100 Å². The van der Waals surface area contributed by atoms with Gasteiger partial charge in [-0.25, -0.2) is 4.90 Å². The predicted octanol–water partition coefficient (Wildman–Crippen LogP) is 4.70. The Morgan fingerprint density at radius 1 is 0.621 bits per heavy atom. The predicted molar refractivity (Wildman–Crippen MR) is 112 cm³/mol. The molecule has 3 heteroatoms. The van der Waals surface area contributed by atoms with Crippen LogP contribution in [-0.2, 0) is 9.59 Å². The van der Waals surface area contributed by atoms with Gasteiger partial charge in [0.05, 0.1) is 17.5 Å². The molecule has 0 saturated carbocycles. The van der Waals surface area contributed by atoms with E-state index in [1.807, 2.05) is 50.2 Å². The Balaban J connectivity index is 1.57. The molecule has 3 aromatic carbocycles. The summed E-state index contributed by atoms with van der Waals surface area (Å²) in [5, 5.41) is 0. The molecule has 2 atom stereocenters. The summed E-state index contributed by atoms with van der Waals surface area (Å²) in [6.07, 6.45) is 0. The first-order chi connectivity index (χ1) is 14.1. The maximum atomic E-state index is 13.7. The summed E-state index contributed by atoms with van der Waals surface area (Å²) in [4.78, 5) is 28.8. The van der Waals surface area contributed by atoms with Gasteiger partial charge in [-0.05, 0) is 59.4 Å². The van der Waals surface area contributed by atoms with Gasteiger partial charge in [0.25, 0.3) is 0 Å². The van der Waals surface area contributed by atoms with Crippen molar-refractivity contribution in [2.24, 2.45) is 11.8 Å². The highest BCUT2D eigenvalue weighted by Gasteiger charge is 2.61. The van der Waals surface area contributed by atoms with Gasteiger partial charge in [-0.3, -0.25) is 9.59 Å². The van der Waals surface area contributed by atoms with E-state index in [-0.39, 0.29) is 35.5 Å². The Labute approximate surface area is 170 Å². The van der Waals surface area contributed by atoms with Crippen molar-refractivity contribution in [3.8, 4) is 0 Å². The molecule has 0 radical (unpaired) electrons. The van der Waals surface area contributed by atoms with Crippen molar-refractivity contribution in [1.29, 1.82) is 0 Å². The lowest BCUT2D eigenvalue weighted by Crippen LogP contribution is -2.41.